The van der Waals surface area contributed by atoms with Crippen molar-refractivity contribution >= 4 is 0 Å². The Bertz CT molecular complexity index is 531. The van der Waals surface area contributed by atoms with Gasteiger partial charge in [-0.25, -0.2) is 0 Å². The predicted molar refractivity (Wildman–Crippen MR) is 80.6 cm³/mol. The van der Waals surface area contributed by atoms with Crippen LogP contribution in [0.4, 0.5) is 0 Å². The minimum Gasteiger partial charge on any atom is -0.377 e. The summed E-state index contributed by atoms with van der Waals surface area (Å²) in [7, 11) is 1.75. The number of ether oxygens (including phenoxy) is 1. The van der Waals surface area contributed by atoms with E-state index in [2.05, 4.69) is 69.3 Å². The van der Waals surface area contributed by atoms with Crippen molar-refractivity contribution < 1.29 is 4.74 Å². The largest absolute Gasteiger partial charge is 0.377 e. The van der Waals surface area contributed by atoms with Crippen molar-refractivity contribution in [2.75, 3.05) is 7.11 Å². The van der Waals surface area contributed by atoms with Crippen LogP contribution in [0.2, 0.25) is 0 Å². The highest BCUT2D eigenvalue weighted by Crippen LogP contribution is 2.28. The monoisotopic (exact) mass is 254 g/mol. The highest BCUT2D eigenvalue weighted by molar-refractivity contribution is 5.38. The van der Waals surface area contributed by atoms with Gasteiger partial charge in [0.25, 0.3) is 0 Å². The second-order valence-electron chi connectivity index (χ2n) is 5.13. The molecule has 0 spiro atoms. The van der Waals surface area contributed by atoms with Crippen molar-refractivity contribution in [3.05, 3.63) is 70.8 Å². The summed E-state index contributed by atoms with van der Waals surface area (Å²) in [5.74, 6) is 0.423. The highest BCUT2D eigenvalue weighted by Gasteiger charge is 2.12. The van der Waals surface area contributed by atoms with E-state index in [0.717, 1.165) is 0 Å². The summed E-state index contributed by atoms with van der Waals surface area (Å²) in [6.45, 7) is 6.50. The van der Waals surface area contributed by atoms with Gasteiger partial charge in [0.05, 0.1) is 6.10 Å². The molecule has 0 aromatic heterocycles. The van der Waals surface area contributed by atoms with Gasteiger partial charge in [-0.1, -0.05) is 55.5 Å². The molecule has 19 heavy (non-hydrogen) atoms. The van der Waals surface area contributed by atoms with E-state index in [-0.39, 0.29) is 6.10 Å². The fourth-order valence-corrected chi connectivity index (χ4v) is 2.49. The molecule has 2 atom stereocenters. The number of hydrogen-bond acceptors (Lipinski definition) is 1. The van der Waals surface area contributed by atoms with E-state index in [1.807, 2.05) is 0 Å². The molecule has 0 heterocycles. The lowest BCUT2D eigenvalue weighted by Gasteiger charge is -2.17. The van der Waals surface area contributed by atoms with Gasteiger partial charge >= 0.3 is 0 Å². The molecule has 1 heteroatoms. The van der Waals surface area contributed by atoms with E-state index in [4.69, 9.17) is 4.74 Å². The molecule has 2 unspecified atom stereocenters. The van der Waals surface area contributed by atoms with Crippen LogP contribution in [-0.4, -0.2) is 7.11 Å². The molecule has 0 aliphatic carbocycles. The number of methoxy groups -OCH3 is 1. The van der Waals surface area contributed by atoms with Crippen LogP contribution in [0, 0.1) is 6.92 Å². The molecule has 0 N–H and O–H groups in total. The number of benzene rings is 2. The predicted octanol–water partition coefficient (Wildman–Crippen LogP) is 4.85. The molecule has 0 saturated carbocycles. The van der Waals surface area contributed by atoms with Crippen LogP contribution in [0.15, 0.2) is 48.5 Å². The first-order valence-electron chi connectivity index (χ1n) is 6.81. The van der Waals surface area contributed by atoms with Crippen LogP contribution < -0.4 is 0 Å². The first-order valence-corrected chi connectivity index (χ1v) is 6.81. The second-order valence-corrected chi connectivity index (χ2v) is 5.13. The Morgan fingerprint density at radius 3 is 2.16 bits per heavy atom. The van der Waals surface area contributed by atoms with E-state index >= 15 is 0 Å². The van der Waals surface area contributed by atoms with Crippen LogP contribution >= 0.6 is 0 Å². The lowest BCUT2D eigenvalue weighted by Crippen LogP contribution is -2.02. The first kappa shape index (κ1) is 13.8. The Morgan fingerprint density at radius 1 is 0.895 bits per heavy atom. The zero-order chi connectivity index (χ0) is 13.8. The van der Waals surface area contributed by atoms with Crippen molar-refractivity contribution in [3.63, 3.8) is 0 Å². The molecule has 2 aromatic carbocycles. The van der Waals surface area contributed by atoms with Crippen molar-refractivity contribution in [3.8, 4) is 0 Å². The van der Waals surface area contributed by atoms with Gasteiger partial charge in [0.1, 0.15) is 0 Å². The summed E-state index contributed by atoms with van der Waals surface area (Å²) in [5.41, 5.74) is 5.28. The molecule has 1 nitrogen and oxygen atoms in total. The third-order valence-corrected chi connectivity index (χ3v) is 3.88. The molecule has 2 rings (SSSR count). The SMILES string of the molecule is COC(C)c1ccc(C(C)c2ccccc2)cc1C. The molecule has 0 radical (unpaired) electrons. The van der Waals surface area contributed by atoms with Crippen LogP contribution in [0.5, 0.6) is 0 Å². The summed E-state index contributed by atoms with van der Waals surface area (Å²) >= 11 is 0. The molecular weight excluding hydrogens is 232 g/mol. The average Bonchev–Trinajstić information content (AvgIpc) is 2.46. The lowest BCUT2D eigenvalue weighted by molar-refractivity contribution is 0.119. The maximum Gasteiger partial charge on any atom is 0.0795 e. The third-order valence-electron chi connectivity index (χ3n) is 3.88. The van der Waals surface area contributed by atoms with E-state index < -0.39 is 0 Å². The first-order chi connectivity index (χ1) is 9.13. The topological polar surface area (TPSA) is 9.23 Å². The highest BCUT2D eigenvalue weighted by atomic mass is 16.5. The Kier molecular flexibility index (Phi) is 4.39. The Balaban J connectivity index is 2.30. The van der Waals surface area contributed by atoms with Crippen molar-refractivity contribution in [1.29, 1.82) is 0 Å². The van der Waals surface area contributed by atoms with E-state index in [9.17, 15) is 0 Å². The standard InChI is InChI=1S/C18H22O/c1-13-12-17(10-11-18(13)15(3)19-4)14(2)16-8-6-5-7-9-16/h5-12,14-15H,1-4H3. The average molecular weight is 254 g/mol. The molecule has 0 amide bonds. The van der Waals surface area contributed by atoms with E-state index in [0.29, 0.717) is 5.92 Å². The Morgan fingerprint density at radius 2 is 1.58 bits per heavy atom. The van der Waals surface area contributed by atoms with Crippen LogP contribution in [0.1, 0.15) is 48.1 Å². The fourth-order valence-electron chi connectivity index (χ4n) is 2.49. The maximum atomic E-state index is 5.40. The van der Waals surface area contributed by atoms with Crippen LogP contribution in [-0.2, 0) is 4.74 Å². The Hall–Kier alpha value is -1.60. The van der Waals surface area contributed by atoms with E-state index in [1.54, 1.807) is 7.11 Å². The van der Waals surface area contributed by atoms with Crippen molar-refractivity contribution in [1.82, 2.24) is 0 Å². The summed E-state index contributed by atoms with van der Waals surface area (Å²) in [5, 5.41) is 0. The fraction of sp³-hybridized carbons (Fsp3) is 0.333. The summed E-state index contributed by atoms with van der Waals surface area (Å²) in [6, 6.07) is 17.3. The second kappa shape index (κ2) is 6.03. The molecule has 0 fully saturated rings. The number of rotatable bonds is 4. The van der Waals surface area contributed by atoms with Gasteiger partial charge in [0.15, 0.2) is 0 Å². The van der Waals surface area contributed by atoms with Gasteiger partial charge in [-0.2, -0.15) is 0 Å². The molecule has 0 aliphatic rings. The summed E-state index contributed by atoms with van der Waals surface area (Å²) in [6.07, 6.45) is 0.154. The quantitative estimate of drug-likeness (QED) is 0.757. The molecule has 100 valence electrons. The van der Waals surface area contributed by atoms with Gasteiger partial charge in [-0.15, -0.1) is 0 Å². The van der Waals surface area contributed by atoms with Crippen LogP contribution in [0.25, 0.3) is 0 Å². The van der Waals surface area contributed by atoms with Gasteiger partial charge in [0, 0.05) is 13.0 Å². The van der Waals surface area contributed by atoms with Gasteiger partial charge < -0.3 is 4.74 Å². The minimum absolute atomic E-state index is 0.154. The lowest BCUT2D eigenvalue weighted by atomic mass is 9.90. The van der Waals surface area contributed by atoms with Gasteiger partial charge in [0.2, 0.25) is 0 Å². The molecule has 0 saturated heterocycles. The van der Waals surface area contributed by atoms with Crippen molar-refractivity contribution in [2.24, 2.45) is 0 Å². The Labute approximate surface area is 116 Å². The molecule has 0 bridgehead atoms. The van der Waals surface area contributed by atoms with Crippen LogP contribution in [0.3, 0.4) is 0 Å². The number of aryl methyl sites for hydroxylation is 1. The third kappa shape index (κ3) is 3.05. The van der Waals surface area contributed by atoms with Gasteiger partial charge in [-0.3, -0.25) is 0 Å². The van der Waals surface area contributed by atoms with Gasteiger partial charge in [-0.05, 0) is 36.1 Å². The minimum atomic E-state index is 0.154. The molecule has 0 aliphatic heterocycles. The zero-order valence-electron chi connectivity index (χ0n) is 12.2. The maximum absolute atomic E-state index is 5.40. The van der Waals surface area contributed by atoms with Crippen molar-refractivity contribution in [2.45, 2.75) is 32.8 Å². The molecular formula is C18H22O. The summed E-state index contributed by atoms with van der Waals surface area (Å²) in [4.78, 5) is 0. The summed E-state index contributed by atoms with van der Waals surface area (Å²) < 4.78 is 5.40. The molecule has 2 aromatic rings. The zero-order valence-corrected chi connectivity index (χ0v) is 12.2. The smallest absolute Gasteiger partial charge is 0.0795 e. The van der Waals surface area contributed by atoms with E-state index in [1.165, 1.54) is 22.3 Å². The normalized spacial score (nSPS) is 14.1. The number of hydrogen-bond donors (Lipinski definition) is 0.